The molecule has 1 heterocycles. The van der Waals surface area contributed by atoms with Crippen molar-refractivity contribution in [2.45, 2.75) is 6.92 Å². The predicted octanol–water partition coefficient (Wildman–Crippen LogP) is 1.78. The third kappa shape index (κ3) is 1.38. The third-order valence-electron chi connectivity index (χ3n) is 0.994. The Morgan fingerprint density at radius 3 is 2.60 bits per heavy atom. The standard InChI is InChI=1S/C5H5BrClN3/c1-2-4(7)10-5(8)3(6)9-2/h1H3,(H2,8,10). The number of aromatic nitrogens is 2. The van der Waals surface area contributed by atoms with Gasteiger partial charge in [0.2, 0.25) is 0 Å². The Bertz CT molecular complexity index is 213. The van der Waals surface area contributed by atoms with Gasteiger partial charge in [-0.15, -0.1) is 0 Å². The fraction of sp³-hybridized carbons (Fsp3) is 0.200. The lowest BCUT2D eigenvalue weighted by Gasteiger charge is -1.98. The summed E-state index contributed by atoms with van der Waals surface area (Å²) in [6.07, 6.45) is 0. The largest absolute Gasteiger partial charge is 0.381 e. The maximum Gasteiger partial charge on any atom is 0.158 e. The first kappa shape index (κ1) is 7.75. The predicted molar refractivity (Wildman–Crippen MR) is 43.9 cm³/mol. The van der Waals surface area contributed by atoms with Crippen molar-refractivity contribution >= 4 is 33.3 Å². The van der Waals surface area contributed by atoms with E-state index in [0.717, 1.165) is 0 Å². The van der Waals surface area contributed by atoms with Crippen LogP contribution in [0.5, 0.6) is 0 Å². The van der Waals surface area contributed by atoms with Gasteiger partial charge in [0.05, 0.1) is 5.69 Å². The second-order valence-corrected chi connectivity index (χ2v) is 2.89. The summed E-state index contributed by atoms with van der Waals surface area (Å²) in [5, 5.41) is 0.348. The van der Waals surface area contributed by atoms with Gasteiger partial charge in [-0.1, -0.05) is 11.6 Å². The van der Waals surface area contributed by atoms with Gasteiger partial charge in [0, 0.05) is 0 Å². The number of nitrogen functional groups attached to an aromatic ring is 1. The summed E-state index contributed by atoms with van der Waals surface area (Å²) in [5.74, 6) is 0.315. The molecule has 5 heteroatoms. The SMILES string of the molecule is Cc1nc(Br)c(N)nc1Cl. The minimum absolute atomic E-state index is 0.315. The van der Waals surface area contributed by atoms with Crippen LogP contribution in [0, 0.1) is 6.92 Å². The molecule has 0 aliphatic carbocycles. The average molecular weight is 222 g/mol. The van der Waals surface area contributed by atoms with Gasteiger partial charge in [-0.25, -0.2) is 9.97 Å². The van der Waals surface area contributed by atoms with Crippen molar-refractivity contribution in [3.05, 3.63) is 15.5 Å². The van der Waals surface area contributed by atoms with Crippen LogP contribution < -0.4 is 5.73 Å². The van der Waals surface area contributed by atoms with Crippen LogP contribution in [0.15, 0.2) is 4.60 Å². The maximum absolute atomic E-state index is 5.61. The van der Waals surface area contributed by atoms with E-state index in [-0.39, 0.29) is 0 Å². The first-order valence-corrected chi connectivity index (χ1v) is 3.73. The van der Waals surface area contributed by atoms with Gasteiger partial charge in [-0.3, -0.25) is 0 Å². The average Bonchev–Trinajstić information content (AvgIpc) is 1.84. The Labute approximate surface area is 71.7 Å². The lowest BCUT2D eigenvalue weighted by Crippen LogP contribution is -1.96. The van der Waals surface area contributed by atoms with E-state index < -0.39 is 0 Å². The van der Waals surface area contributed by atoms with Crippen LogP contribution in [0.3, 0.4) is 0 Å². The highest BCUT2D eigenvalue weighted by Gasteiger charge is 2.02. The van der Waals surface area contributed by atoms with Crippen molar-refractivity contribution in [3.63, 3.8) is 0 Å². The molecule has 0 fully saturated rings. The second-order valence-electron chi connectivity index (χ2n) is 1.78. The van der Waals surface area contributed by atoms with Crippen molar-refractivity contribution in [2.24, 2.45) is 0 Å². The first-order valence-electron chi connectivity index (χ1n) is 2.56. The molecule has 0 aromatic carbocycles. The smallest absolute Gasteiger partial charge is 0.158 e. The molecule has 10 heavy (non-hydrogen) atoms. The van der Waals surface area contributed by atoms with Crippen molar-refractivity contribution in [2.75, 3.05) is 5.73 Å². The lowest BCUT2D eigenvalue weighted by atomic mass is 10.5. The van der Waals surface area contributed by atoms with Crippen LogP contribution >= 0.6 is 27.5 Å². The highest BCUT2D eigenvalue weighted by Crippen LogP contribution is 2.18. The summed E-state index contributed by atoms with van der Waals surface area (Å²) in [7, 11) is 0. The zero-order valence-electron chi connectivity index (χ0n) is 5.23. The molecule has 1 aromatic heterocycles. The number of halogens is 2. The van der Waals surface area contributed by atoms with Crippen LogP contribution in [0.2, 0.25) is 5.15 Å². The molecule has 0 aliphatic rings. The van der Waals surface area contributed by atoms with Gasteiger partial charge in [0.1, 0.15) is 4.60 Å². The summed E-state index contributed by atoms with van der Waals surface area (Å²) in [6.45, 7) is 1.76. The Morgan fingerprint density at radius 1 is 1.50 bits per heavy atom. The molecule has 3 nitrogen and oxygen atoms in total. The number of aryl methyl sites for hydroxylation is 1. The number of nitrogens with zero attached hydrogens (tertiary/aromatic N) is 2. The molecule has 0 bridgehead atoms. The summed E-state index contributed by atoms with van der Waals surface area (Å²) < 4.78 is 0.536. The van der Waals surface area contributed by atoms with Crippen molar-refractivity contribution in [1.82, 2.24) is 9.97 Å². The first-order chi connectivity index (χ1) is 4.61. The molecule has 0 saturated carbocycles. The van der Waals surface area contributed by atoms with E-state index in [1.165, 1.54) is 0 Å². The fourth-order valence-electron chi connectivity index (χ4n) is 0.483. The van der Waals surface area contributed by atoms with Gasteiger partial charge >= 0.3 is 0 Å². The van der Waals surface area contributed by atoms with Gasteiger partial charge in [0.15, 0.2) is 11.0 Å². The molecular formula is C5H5BrClN3. The monoisotopic (exact) mass is 221 g/mol. The molecule has 0 spiro atoms. The molecule has 0 unspecified atom stereocenters. The summed E-state index contributed by atoms with van der Waals surface area (Å²) in [4.78, 5) is 7.78. The lowest BCUT2D eigenvalue weighted by molar-refractivity contribution is 1.10. The molecule has 0 atom stereocenters. The summed E-state index contributed by atoms with van der Waals surface area (Å²) in [6, 6.07) is 0. The molecule has 2 N–H and O–H groups in total. The molecule has 1 aromatic rings. The normalized spacial score (nSPS) is 9.90. The van der Waals surface area contributed by atoms with E-state index in [1.807, 2.05) is 0 Å². The zero-order chi connectivity index (χ0) is 7.72. The Kier molecular flexibility index (Phi) is 2.11. The Balaban J connectivity index is 3.28. The number of nitrogens with two attached hydrogens (primary N) is 1. The van der Waals surface area contributed by atoms with Crippen LogP contribution in [0.4, 0.5) is 5.82 Å². The molecular weight excluding hydrogens is 217 g/mol. The summed E-state index contributed by atoms with van der Waals surface area (Å²) in [5.41, 5.74) is 6.05. The second kappa shape index (κ2) is 2.72. The van der Waals surface area contributed by atoms with Gasteiger partial charge < -0.3 is 5.73 Å². The summed E-state index contributed by atoms with van der Waals surface area (Å²) >= 11 is 8.73. The molecule has 0 amide bonds. The number of anilines is 1. The van der Waals surface area contributed by atoms with E-state index in [1.54, 1.807) is 6.92 Å². The van der Waals surface area contributed by atoms with E-state index in [2.05, 4.69) is 25.9 Å². The Morgan fingerprint density at radius 2 is 2.10 bits per heavy atom. The molecule has 0 radical (unpaired) electrons. The number of rotatable bonds is 0. The maximum atomic E-state index is 5.61. The van der Waals surface area contributed by atoms with E-state index >= 15 is 0 Å². The Hall–Kier alpha value is -0.350. The van der Waals surface area contributed by atoms with Gasteiger partial charge in [-0.2, -0.15) is 0 Å². The van der Waals surface area contributed by atoms with E-state index in [4.69, 9.17) is 17.3 Å². The van der Waals surface area contributed by atoms with Crippen molar-refractivity contribution in [1.29, 1.82) is 0 Å². The van der Waals surface area contributed by atoms with Crippen LogP contribution in [-0.2, 0) is 0 Å². The van der Waals surface area contributed by atoms with Crippen LogP contribution in [0.25, 0.3) is 0 Å². The number of hydrogen-bond donors (Lipinski definition) is 1. The van der Waals surface area contributed by atoms with Gasteiger partial charge in [0.25, 0.3) is 0 Å². The van der Waals surface area contributed by atoms with E-state index in [9.17, 15) is 0 Å². The fourth-order valence-corrected chi connectivity index (χ4v) is 0.971. The van der Waals surface area contributed by atoms with E-state index in [0.29, 0.717) is 21.3 Å². The van der Waals surface area contributed by atoms with Crippen molar-refractivity contribution in [3.8, 4) is 0 Å². The molecule has 0 aliphatic heterocycles. The highest BCUT2D eigenvalue weighted by molar-refractivity contribution is 9.10. The quantitative estimate of drug-likeness (QED) is 0.728. The van der Waals surface area contributed by atoms with Crippen LogP contribution in [-0.4, -0.2) is 9.97 Å². The molecule has 0 saturated heterocycles. The molecule has 54 valence electrons. The molecule has 1 rings (SSSR count). The van der Waals surface area contributed by atoms with Gasteiger partial charge in [-0.05, 0) is 22.9 Å². The topological polar surface area (TPSA) is 51.8 Å². The zero-order valence-corrected chi connectivity index (χ0v) is 7.57. The van der Waals surface area contributed by atoms with Crippen LogP contribution in [0.1, 0.15) is 5.69 Å². The highest BCUT2D eigenvalue weighted by atomic mass is 79.9. The van der Waals surface area contributed by atoms with Crippen molar-refractivity contribution < 1.29 is 0 Å². The minimum Gasteiger partial charge on any atom is -0.381 e. The number of hydrogen-bond acceptors (Lipinski definition) is 3. The minimum atomic E-state index is 0.315. The third-order valence-corrected chi connectivity index (χ3v) is 1.94.